The molecular formula is C24H33FN2O3S. The van der Waals surface area contributed by atoms with E-state index in [1.165, 1.54) is 11.9 Å². The molecule has 2 aliphatic rings. The van der Waals surface area contributed by atoms with Crippen molar-refractivity contribution >= 4 is 24.0 Å². The summed E-state index contributed by atoms with van der Waals surface area (Å²) in [5, 5.41) is 11.8. The summed E-state index contributed by atoms with van der Waals surface area (Å²) < 4.78 is 23.8. The number of rotatable bonds is 5. The number of nitrogens with one attached hydrogen (secondary N) is 1. The van der Waals surface area contributed by atoms with Gasteiger partial charge < -0.3 is 20.0 Å². The first-order chi connectivity index (χ1) is 14.6. The zero-order valence-corrected chi connectivity index (χ0v) is 19.7. The summed E-state index contributed by atoms with van der Waals surface area (Å²) in [4.78, 5) is 8.58. The number of primary amides is 1. The van der Waals surface area contributed by atoms with Crippen LogP contribution in [0, 0.1) is 11.7 Å². The molecule has 2 aromatic rings. The van der Waals surface area contributed by atoms with E-state index in [0.717, 1.165) is 52.5 Å². The van der Waals surface area contributed by atoms with Gasteiger partial charge in [0.25, 0.3) is 0 Å². The Morgan fingerprint density at radius 1 is 1.23 bits per heavy atom. The van der Waals surface area contributed by atoms with Gasteiger partial charge in [0.15, 0.2) is 5.09 Å². The van der Waals surface area contributed by atoms with E-state index in [1.807, 2.05) is 13.0 Å². The lowest BCUT2D eigenvalue weighted by molar-refractivity contribution is -0.106. The average Bonchev–Trinajstić information content (AvgIpc) is 3.32. The van der Waals surface area contributed by atoms with E-state index in [1.54, 1.807) is 12.1 Å². The second-order valence-corrected chi connectivity index (χ2v) is 10.1. The van der Waals surface area contributed by atoms with Crippen molar-refractivity contribution < 1.29 is 18.7 Å². The maximum Gasteiger partial charge on any atom is 0.204 e. The summed E-state index contributed by atoms with van der Waals surface area (Å²) >= 11 is 1.41. The highest BCUT2D eigenvalue weighted by Gasteiger charge is 2.48. The molecule has 2 bridgehead atoms. The average molecular weight is 449 g/mol. The normalized spacial score (nSPS) is 24.0. The third-order valence-corrected chi connectivity index (χ3v) is 7.25. The number of hydrogen-bond acceptors (Lipinski definition) is 5. The van der Waals surface area contributed by atoms with Gasteiger partial charge >= 0.3 is 0 Å². The van der Waals surface area contributed by atoms with E-state index in [0.29, 0.717) is 11.8 Å². The van der Waals surface area contributed by atoms with Crippen LogP contribution in [-0.4, -0.2) is 11.5 Å². The van der Waals surface area contributed by atoms with E-state index < -0.39 is 5.60 Å². The lowest BCUT2D eigenvalue weighted by Gasteiger charge is -2.33. The molecule has 7 heteroatoms. The molecule has 4 rings (SSSR count). The number of aliphatic hydroxyl groups is 1. The molecule has 0 radical (unpaired) electrons. The second-order valence-electron chi connectivity index (χ2n) is 9.31. The van der Waals surface area contributed by atoms with Crippen LogP contribution in [-0.2, 0) is 10.4 Å². The summed E-state index contributed by atoms with van der Waals surface area (Å²) in [6, 6.07) is 5.23. The molecule has 3 unspecified atom stereocenters. The van der Waals surface area contributed by atoms with Crippen LogP contribution in [0.4, 0.5) is 10.1 Å². The van der Waals surface area contributed by atoms with Crippen molar-refractivity contribution in [3.8, 4) is 0 Å². The second kappa shape index (κ2) is 9.25. The monoisotopic (exact) mass is 448 g/mol. The molecule has 1 heterocycles. The number of amides is 1. The van der Waals surface area contributed by atoms with Crippen molar-refractivity contribution in [2.24, 2.45) is 11.7 Å². The summed E-state index contributed by atoms with van der Waals surface area (Å²) in [5.74, 6) is 1.93. The van der Waals surface area contributed by atoms with Crippen molar-refractivity contribution in [3.05, 3.63) is 46.5 Å². The van der Waals surface area contributed by atoms with Crippen LogP contribution in [0.25, 0.3) is 0 Å². The van der Waals surface area contributed by atoms with Crippen molar-refractivity contribution in [2.75, 3.05) is 4.72 Å². The number of furan rings is 1. The van der Waals surface area contributed by atoms with E-state index in [2.05, 4.69) is 38.2 Å². The van der Waals surface area contributed by atoms with Crippen molar-refractivity contribution in [2.45, 2.75) is 82.3 Å². The Morgan fingerprint density at radius 3 is 2.35 bits per heavy atom. The fourth-order valence-electron chi connectivity index (χ4n) is 4.86. The molecule has 2 aliphatic carbocycles. The third-order valence-electron chi connectivity index (χ3n) is 6.54. The predicted molar refractivity (Wildman–Crippen MR) is 123 cm³/mol. The molecule has 1 aromatic carbocycles. The summed E-state index contributed by atoms with van der Waals surface area (Å²) in [7, 11) is 0. The zero-order valence-electron chi connectivity index (χ0n) is 18.9. The van der Waals surface area contributed by atoms with Gasteiger partial charge in [-0.05, 0) is 73.3 Å². The molecule has 1 saturated carbocycles. The Morgan fingerprint density at radius 2 is 1.81 bits per heavy atom. The highest BCUT2D eigenvalue weighted by atomic mass is 32.2. The molecule has 0 saturated heterocycles. The SMILES string of the molecule is CC(C)c1cc(F)cc(C(C)C)c1NSc1cc2c(o1)C1CCC(C1)C2(C)O.NC=O. The molecule has 5 nitrogen and oxygen atoms in total. The number of halogens is 1. The standard InChI is InChI=1S/C23H30FNO2S.CH3NO/c1-12(2)17-9-16(24)10-18(13(3)4)21(17)25-28-20-11-19-22(27-20)14-6-7-15(8-14)23(19,5)26;2-1-3/h9-15,25-26H,6-8H2,1-5H3;1H,(H2,2,3). The fourth-order valence-corrected chi connectivity index (χ4v) is 5.61. The Balaban J connectivity index is 0.000000858. The van der Waals surface area contributed by atoms with Crippen molar-refractivity contribution in [1.82, 2.24) is 0 Å². The third kappa shape index (κ3) is 4.62. The molecule has 0 spiro atoms. The molecule has 1 aromatic heterocycles. The Kier molecular flexibility index (Phi) is 7.06. The number of benzene rings is 1. The Hall–Kier alpha value is -1.99. The van der Waals surface area contributed by atoms with Gasteiger partial charge in [0.2, 0.25) is 6.41 Å². The number of fused-ring (bicyclic) bond motifs is 4. The molecule has 170 valence electrons. The van der Waals surface area contributed by atoms with Gasteiger partial charge in [-0.1, -0.05) is 27.7 Å². The lowest BCUT2D eigenvalue weighted by Crippen LogP contribution is -2.33. The van der Waals surface area contributed by atoms with E-state index in [9.17, 15) is 9.50 Å². The van der Waals surface area contributed by atoms with E-state index in [-0.39, 0.29) is 24.1 Å². The minimum Gasteiger partial charge on any atom is -0.452 e. The fraction of sp³-hybridized carbons (Fsp3) is 0.542. The minimum absolute atomic E-state index is 0.191. The highest BCUT2D eigenvalue weighted by molar-refractivity contribution is 8.00. The molecule has 3 atom stereocenters. The maximum absolute atomic E-state index is 14.1. The summed E-state index contributed by atoms with van der Waals surface area (Å²) in [6.07, 6.45) is 3.41. The van der Waals surface area contributed by atoms with Gasteiger partial charge in [-0.2, -0.15) is 0 Å². The molecule has 1 fully saturated rings. The summed E-state index contributed by atoms with van der Waals surface area (Å²) in [5.41, 5.74) is 7.21. The van der Waals surface area contributed by atoms with Gasteiger partial charge in [0.05, 0.1) is 11.3 Å². The predicted octanol–water partition coefficient (Wildman–Crippen LogP) is 5.99. The van der Waals surface area contributed by atoms with Gasteiger partial charge in [-0.25, -0.2) is 4.39 Å². The highest BCUT2D eigenvalue weighted by Crippen LogP contribution is 2.55. The van der Waals surface area contributed by atoms with Gasteiger partial charge in [-0.3, -0.25) is 4.79 Å². The smallest absolute Gasteiger partial charge is 0.204 e. The number of carbonyl (C=O) groups excluding carboxylic acids is 1. The topological polar surface area (TPSA) is 88.5 Å². The Bertz CT molecular complexity index is 910. The van der Waals surface area contributed by atoms with Gasteiger partial charge in [0.1, 0.15) is 11.6 Å². The first-order valence-corrected chi connectivity index (χ1v) is 11.7. The zero-order chi connectivity index (χ0) is 22.9. The van der Waals surface area contributed by atoms with Crippen LogP contribution in [0.1, 0.15) is 94.1 Å². The van der Waals surface area contributed by atoms with Gasteiger partial charge in [-0.15, -0.1) is 0 Å². The molecular weight excluding hydrogens is 415 g/mol. The number of nitrogens with two attached hydrogens (primary N) is 1. The Labute approximate surface area is 188 Å². The molecule has 4 N–H and O–H groups in total. The molecule has 31 heavy (non-hydrogen) atoms. The first kappa shape index (κ1) is 23.7. The first-order valence-electron chi connectivity index (χ1n) is 10.9. The lowest BCUT2D eigenvalue weighted by atomic mass is 9.76. The maximum atomic E-state index is 14.1. The van der Waals surface area contributed by atoms with Crippen LogP contribution < -0.4 is 10.5 Å². The van der Waals surface area contributed by atoms with Crippen LogP contribution in [0.15, 0.2) is 27.7 Å². The quantitative estimate of drug-likeness (QED) is 0.386. The minimum atomic E-state index is -0.813. The summed E-state index contributed by atoms with van der Waals surface area (Å²) in [6.45, 7) is 10.2. The van der Waals surface area contributed by atoms with Crippen LogP contribution in [0.2, 0.25) is 0 Å². The van der Waals surface area contributed by atoms with Crippen LogP contribution in [0.3, 0.4) is 0 Å². The van der Waals surface area contributed by atoms with Crippen LogP contribution >= 0.6 is 11.9 Å². The van der Waals surface area contributed by atoms with Crippen molar-refractivity contribution in [1.29, 1.82) is 0 Å². The van der Waals surface area contributed by atoms with E-state index in [4.69, 9.17) is 9.21 Å². The molecule has 1 amide bonds. The van der Waals surface area contributed by atoms with Gasteiger partial charge in [0, 0.05) is 23.4 Å². The van der Waals surface area contributed by atoms with Crippen LogP contribution in [0.5, 0.6) is 0 Å². The number of carbonyl (C=O) groups is 1. The number of anilines is 1. The molecule has 0 aliphatic heterocycles. The largest absolute Gasteiger partial charge is 0.452 e. The van der Waals surface area contributed by atoms with E-state index >= 15 is 0 Å². The number of hydrogen-bond donors (Lipinski definition) is 3. The van der Waals surface area contributed by atoms with Crippen molar-refractivity contribution in [3.63, 3.8) is 0 Å².